The van der Waals surface area contributed by atoms with Gasteiger partial charge in [-0.15, -0.1) is 5.10 Å². The maximum absolute atomic E-state index is 12.3. The molecule has 0 fully saturated rings. The van der Waals surface area contributed by atoms with Crippen LogP contribution in [-0.4, -0.2) is 26.6 Å². The van der Waals surface area contributed by atoms with Crippen molar-refractivity contribution in [3.8, 4) is 17.1 Å². The van der Waals surface area contributed by atoms with Crippen LogP contribution in [0, 0.1) is 5.92 Å². The van der Waals surface area contributed by atoms with E-state index in [2.05, 4.69) is 20.9 Å². The van der Waals surface area contributed by atoms with Gasteiger partial charge in [0.2, 0.25) is 11.7 Å². The zero-order chi connectivity index (χ0) is 18.5. The molecule has 0 atom stereocenters. The van der Waals surface area contributed by atoms with E-state index in [0.29, 0.717) is 5.82 Å². The van der Waals surface area contributed by atoms with Crippen molar-refractivity contribution in [1.29, 1.82) is 0 Å². The molecule has 1 aromatic heterocycles. The number of para-hydroxylation sites is 1. The molecule has 0 unspecified atom stereocenters. The summed E-state index contributed by atoms with van der Waals surface area (Å²) in [6.45, 7) is 3.47. The van der Waals surface area contributed by atoms with Crippen LogP contribution >= 0.6 is 0 Å². The van der Waals surface area contributed by atoms with Gasteiger partial charge in [-0.05, 0) is 12.1 Å². The van der Waals surface area contributed by atoms with E-state index in [9.17, 15) is 9.59 Å². The third-order valence-electron chi connectivity index (χ3n) is 3.67. The van der Waals surface area contributed by atoms with Crippen molar-refractivity contribution in [3.05, 3.63) is 66.5 Å². The van der Waals surface area contributed by atoms with Gasteiger partial charge in [0.15, 0.2) is 5.82 Å². The van der Waals surface area contributed by atoms with Crippen molar-refractivity contribution in [3.63, 3.8) is 0 Å². The van der Waals surface area contributed by atoms with Crippen molar-refractivity contribution in [2.45, 2.75) is 13.8 Å². The second kappa shape index (κ2) is 7.60. The fourth-order valence-electron chi connectivity index (χ4n) is 2.25. The maximum atomic E-state index is 12.3. The zero-order valence-corrected chi connectivity index (χ0v) is 14.5. The molecule has 26 heavy (non-hydrogen) atoms. The summed E-state index contributed by atoms with van der Waals surface area (Å²) in [5, 5.41) is 4.32. The number of hydrogen-bond acceptors (Lipinski definition) is 4. The number of amides is 2. The largest absolute Gasteiger partial charge is 0.309 e. The molecule has 7 heteroatoms. The van der Waals surface area contributed by atoms with Gasteiger partial charge < -0.3 is 0 Å². The van der Waals surface area contributed by atoms with Crippen LogP contribution in [0.25, 0.3) is 17.1 Å². The van der Waals surface area contributed by atoms with Crippen LogP contribution in [0.4, 0.5) is 0 Å². The topological polar surface area (TPSA) is 88.9 Å². The van der Waals surface area contributed by atoms with E-state index in [1.165, 1.54) is 0 Å². The summed E-state index contributed by atoms with van der Waals surface area (Å²) < 4.78 is 1.61. The van der Waals surface area contributed by atoms with Crippen molar-refractivity contribution in [2.75, 3.05) is 0 Å². The Kier molecular flexibility index (Phi) is 5.07. The van der Waals surface area contributed by atoms with E-state index < -0.39 is 5.91 Å². The predicted molar refractivity (Wildman–Crippen MR) is 97.2 cm³/mol. The third kappa shape index (κ3) is 3.77. The van der Waals surface area contributed by atoms with E-state index in [4.69, 9.17) is 0 Å². The molecule has 0 aliphatic rings. The van der Waals surface area contributed by atoms with Gasteiger partial charge in [-0.1, -0.05) is 62.4 Å². The first kappa shape index (κ1) is 17.3. The zero-order valence-electron chi connectivity index (χ0n) is 14.5. The van der Waals surface area contributed by atoms with Crippen LogP contribution < -0.4 is 10.9 Å². The average molecular weight is 349 g/mol. The molecule has 2 amide bonds. The Morgan fingerprint density at radius 2 is 1.54 bits per heavy atom. The molecule has 1 heterocycles. The van der Waals surface area contributed by atoms with Crippen molar-refractivity contribution >= 4 is 11.8 Å². The average Bonchev–Trinajstić information content (AvgIpc) is 3.12. The summed E-state index contributed by atoms with van der Waals surface area (Å²) in [5.41, 5.74) is 6.32. The number of nitrogens with zero attached hydrogens (tertiary/aromatic N) is 3. The normalized spacial score (nSPS) is 10.6. The molecule has 3 aromatic rings. The Balaban J connectivity index is 1.94. The quantitative estimate of drug-likeness (QED) is 0.708. The maximum Gasteiger partial charge on any atom is 0.309 e. The summed E-state index contributed by atoms with van der Waals surface area (Å²) in [4.78, 5) is 28.3. The van der Waals surface area contributed by atoms with E-state index in [0.717, 1.165) is 11.3 Å². The molecule has 2 N–H and O–H groups in total. The number of carbonyl (C=O) groups is 2. The molecule has 132 valence electrons. The monoisotopic (exact) mass is 349 g/mol. The van der Waals surface area contributed by atoms with Gasteiger partial charge in [-0.25, -0.2) is 9.67 Å². The van der Waals surface area contributed by atoms with E-state index >= 15 is 0 Å². The number of nitrogens with one attached hydrogen (secondary N) is 2. The van der Waals surface area contributed by atoms with Crippen molar-refractivity contribution < 1.29 is 9.59 Å². The van der Waals surface area contributed by atoms with Crippen LogP contribution in [-0.2, 0) is 4.79 Å². The first-order valence-corrected chi connectivity index (χ1v) is 8.24. The van der Waals surface area contributed by atoms with Gasteiger partial charge in [-0.3, -0.25) is 20.4 Å². The minimum Gasteiger partial charge on any atom is -0.273 e. The van der Waals surface area contributed by atoms with Crippen LogP contribution in [0.5, 0.6) is 0 Å². The molecule has 0 aliphatic heterocycles. The van der Waals surface area contributed by atoms with Gasteiger partial charge in [-0.2, -0.15) is 0 Å². The van der Waals surface area contributed by atoms with Crippen LogP contribution in [0.2, 0.25) is 0 Å². The van der Waals surface area contributed by atoms with Crippen molar-refractivity contribution in [2.24, 2.45) is 5.92 Å². The Hall–Kier alpha value is -3.48. The summed E-state index contributed by atoms with van der Waals surface area (Å²) in [7, 11) is 0. The van der Waals surface area contributed by atoms with E-state index in [1.54, 1.807) is 18.5 Å². The van der Waals surface area contributed by atoms with Crippen molar-refractivity contribution in [1.82, 2.24) is 25.6 Å². The molecule has 0 radical (unpaired) electrons. The highest BCUT2D eigenvalue weighted by molar-refractivity contribution is 5.92. The second-order valence-corrected chi connectivity index (χ2v) is 5.97. The lowest BCUT2D eigenvalue weighted by Gasteiger charge is -2.07. The summed E-state index contributed by atoms with van der Waals surface area (Å²) in [5.74, 6) is -0.603. The molecule has 2 aromatic carbocycles. The van der Waals surface area contributed by atoms with Gasteiger partial charge in [0.25, 0.3) is 0 Å². The summed E-state index contributed by atoms with van der Waals surface area (Å²) >= 11 is 0. The number of hydrogen-bond donors (Lipinski definition) is 2. The number of carbonyl (C=O) groups excluding carboxylic acids is 2. The molecular formula is C19H19N5O2. The highest BCUT2D eigenvalue weighted by atomic mass is 16.2. The standard InChI is InChI=1S/C19H19N5O2/c1-13(2)18(25)21-22-19(26)16-20-17(14-9-5-3-6-10-14)24(23-16)15-11-7-4-8-12-15/h3-13H,1-2H3,(H,21,25)(H,22,26). The second-order valence-electron chi connectivity index (χ2n) is 5.97. The fourth-order valence-corrected chi connectivity index (χ4v) is 2.25. The molecule has 3 rings (SSSR count). The molecular weight excluding hydrogens is 330 g/mol. The van der Waals surface area contributed by atoms with Gasteiger partial charge in [0, 0.05) is 11.5 Å². The molecule has 0 saturated carbocycles. The molecule has 0 bridgehead atoms. The minimum absolute atomic E-state index is 0.0308. The number of aromatic nitrogens is 3. The predicted octanol–water partition coefficient (Wildman–Crippen LogP) is 2.35. The lowest BCUT2D eigenvalue weighted by Crippen LogP contribution is -2.43. The summed E-state index contributed by atoms with van der Waals surface area (Å²) in [6.07, 6.45) is 0. The highest BCUT2D eigenvalue weighted by Gasteiger charge is 2.19. The Morgan fingerprint density at radius 3 is 2.15 bits per heavy atom. The van der Waals surface area contributed by atoms with Crippen LogP contribution in [0.3, 0.4) is 0 Å². The van der Waals surface area contributed by atoms with Crippen LogP contribution in [0.1, 0.15) is 24.5 Å². The minimum atomic E-state index is -0.578. The Labute approximate surface area is 151 Å². The Morgan fingerprint density at radius 1 is 0.923 bits per heavy atom. The number of benzene rings is 2. The molecule has 0 saturated heterocycles. The molecule has 7 nitrogen and oxygen atoms in total. The van der Waals surface area contributed by atoms with Crippen LogP contribution in [0.15, 0.2) is 60.7 Å². The SMILES string of the molecule is CC(C)C(=O)NNC(=O)c1nc(-c2ccccc2)n(-c2ccccc2)n1. The Bertz CT molecular complexity index is 847. The number of rotatable bonds is 4. The third-order valence-corrected chi connectivity index (χ3v) is 3.67. The lowest BCUT2D eigenvalue weighted by atomic mass is 10.2. The fraction of sp³-hybridized carbons (Fsp3) is 0.158. The molecule has 0 spiro atoms. The number of hydrazine groups is 1. The summed E-state index contributed by atoms with van der Waals surface area (Å²) in [6, 6.07) is 18.9. The van der Waals surface area contributed by atoms with E-state index in [-0.39, 0.29) is 17.6 Å². The lowest BCUT2D eigenvalue weighted by molar-refractivity contribution is -0.124. The van der Waals surface area contributed by atoms with Gasteiger partial charge in [0.05, 0.1) is 5.69 Å². The molecule has 0 aliphatic carbocycles. The van der Waals surface area contributed by atoms with Gasteiger partial charge in [0.1, 0.15) is 0 Å². The smallest absolute Gasteiger partial charge is 0.273 e. The first-order valence-electron chi connectivity index (χ1n) is 8.24. The first-order chi connectivity index (χ1) is 12.6. The van der Waals surface area contributed by atoms with Gasteiger partial charge >= 0.3 is 5.91 Å². The highest BCUT2D eigenvalue weighted by Crippen LogP contribution is 2.20. The van der Waals surface area contributed by atoms with E-state index in [1.807, 2.05) is 60.7 Å².